The topological polar surface area (TPSA) is 177 Å². The molecule has 7 atom stereocenters. The Bertz CT molecular complexity index is 2170. The van der Waals surface area contributed by atoms with Gasteiger partial charge in [0.15, 0.2) is 11.4 Å². The number of esters is 1. The van der Waals surface area contributed by atoms with E-state index in [1.54, 1.807) is 32.2 Å². The number of methoxy groups -OCH3 is 2. The summed E-state index contributed by atoms with van der Waals surface area (Å²) in [5, 5.41) is 1.24. The highest BCUT2D eigenvalue weighted by atomic mass is 32.2. The molecule has 0 radical (unpaired) electrons. The molecule has 6 rings (SSSR count). The number of halogens is 2. The van der Waals surface area contributed by atoms with Gasteiger partial charge in [-0.2, -0.15) is 0 Å². The number of sulfonamides is 1. The van der Waals surface area contributed by atoms with E-state index in [0.717, 1.165) is 13.8 Å². The zero-order chi connectivity index (χ0) is 45.4. The van der Waals surface area contributed by atoms with Crippen LogP contribution in [0.4, 0.5) is 8.78 Å². The maximum atomic E-state index is 15.2. The van der Waals surface area contributed by atoms with E-state index in [-0.39, 0.29) is 44.2 Å². The number of amides is 2. The first-order valence-electron chi connectivity index (χ1n) is 21.5. The summed E-state index contributed by atoms with van der Waals surface area (Å²) in [6.07, 6.45) is 6.28. The van der Waals surface area contributed by atoms with E-state index in [1.165, 1.54) is 18.2 Å². The summed E-state index contributed by atoms with van der Waals surface area (Å²) in [5.41, 5.74) is -3.57. The molecule has 3 fully saturated rings. The monoisotopic (exact) mass is 889 g/mol. The van der Waals surface area contributed by atoms with E-state index >= 15 is 4.79 Å². The Morgan fingerprint density at radius 2 is 1.81 bits per heavy atom. The van der Waals surface area contributed by atoms with Gasteiger partial charge in [0.1, 0.15) is 17.6 Å². The summed E-state index contributed by atoms with van der Waals surface area (Å²) in [6.45, 7) is 8.57. The van der Waals surface area contributed by atoms with Crippen molar-refractivity contribution in [1.29, 1.82) is 0 Å². The van der Waals surface area contributed by atoms with Gasteiger partial charge in [-0.3, -0.25) is 23.9 Å². The lowest BCUT2D eigenvalue weighted by atomic mass is 9.81. The summed E-state index contributed by atoms with van der Waals surface area (Å²) in [5.74, 6) is -7.17. The molecule has 14 nitrogen and oxygen atoms in total. The number of benzene rings is 1. The fourth-order valence-electron chi connectivity index (χ4n) is 8.70. The molecule has 62 heavy (non-hydrogen) atoms. The van der Waals surface area contributed by atoms with Crippen molar-refractivity contribution in [3.05, 3.63) is 36.5 Å². The number of allylic oxidation sites excluding steroid dienone is 2. The van der Waals surface area contributed by atoms with Gasteiger partial charge in [-0.25, -0.2) is 22.2 Å². The Morgan fingerprint density at radius 3 is 2.45 bits per heavy atom. The summed E-state index contributed by atoms with van der Waals surface area (Å²) in [7, 11) is -1.02. The fraction of sp³-hybridized carbons (Fsp3) is 0.667. The molecular weight excluding hydrogens is 829 g/mol. The molecule has 4 aliphatic rings. The van der Waals surface area contributed by atoms with Crippen LogP contribution in [0.25, 0.3) is 10.8 Å². The smallest absolute Gasteiger partial charge is 0.307 e. The molecule has 2 aliphatic carbocycles. The van der Waals surface area contributed by atoms with Crippen LogP contribution in [0, 0.1) is 29.1 Å². The average molecular weight is 890 g/mol. The molecule has 3 heterocycles. The number of hydrogen-bond donors (Lipinski definition) is 1. The van der Waals surface area contributed by atoms with Crippen molar-refractivity contribution in [3.63, 3.8) is 0 Å². The molecule has 2 aromatic rings. The van der Waals surface area contributed by atoms with E-state index in [9.17, 15) is 31.6 Å². The number of rotatable bonds is 14. The van der Waals surface area contributed by atoms with Crippen molar-refractivity contribution in [3.8, 4) is 17.4 Å². The Kier molecular flexibility index (Phi) is 13.7. The number of aromatic nitrogens is 1. The Labute approximate surface area is 362 Å². The molecule has 17 heteroatoms. The number of alkyl halides is 2. The van der Waals surface area contributed by atoms with Crippen LogP contribution in [0.5, 0.6) is 17.4 Å². The largest absolute Gasteiger partial charge is 0.497 e. The van der Waals surface area contributed by atoms with Gasteiger partial charge in [0, 0.05) is 44.3 Å². The normalized spacial score (nSPS) is 28.5. The number of hydrogen-bond acceptors (Lipinski definition) is 12. The van der Waals surface area contributed by atoms with Crippen LogP contribution < -0.4 is 18.9 Å². The molecule has 0 unspecified atom stereocenters. The molecule has 342 valence electrons. The van der Waals surface area contributed by atoms with Crippen molar-refractivity contribution in [2.24, 2.45) is 29.1 Å². The molecule has 1 aromatic heterocycles. The maximum absolute atomic E-state index is 15.2. The van der Waals surface area contributed by atoms with Crippen LogP contribution in [0.15, 0.2) is 36.5 Å². The van der Waals surface area contributed by atoms with Crippen LogP contribution in [-0.2, 0) is 38.7 Å². The van der Waals surface area contributed by atoms with E-state index in [0.29, 0.717) is 67.9 Å². The quantitative estimate of drug-likeness (QED) is 0.160. The second kappa shape index (κ2) is 18.0. The van der Waals surface area contributed by atoms with Crippen LogP contribution in [-0.4, -0.2) is 104 Å². The van der Waals surface area contributed by atoms with Gasteiger partial charge in [-0.1, -0.05) is 19.1 Å². The molecule has 2 aliphatic heterocycles. The molecule has 0 spiro atoms. The first-order chi connectivity index (χ1) is 29.1. The Hall–Kier alpha value is -4.38. The van der Waals surface area contributed by atoms with E-state index in [1.807, 2.05) is 26.0 Å². The third-order valence-corrected chi connectivity index (χ3v) is 15.6. The molecule has 2 saturated carbocycles. The van der Waals surface area contributed by atoms with E-state index in [4.69, 9.17) is 23.7 Å². The zero-order valence-electron chi connectivity index (χ0n) is 37.0. The lowest BCUT2D eigenvalue weighted by molar-refractivity contribution is -0.197. The van der Waals surface area contributed by atoms with Crippen molar-refractivity contribution in [1.82, 2.24) is 14.6 Å². The standard InChI is InChI=1S/C45H61F2N3O11S/c1-9-59-37-24-48-39(32-15-14-30(58-8)19-34(32)37)60-31-20-35-36(51)23-45(41(54)49-62(55,56)43(5)16-17-43)22-29(45)13-11-10-12-27(2)18-28(26-57-7)33(40(53)50(35)25-31)21-38(52)61-42(3,4)44(6,46)47/h11,13-15,19,24,27-29,31,33,35H,9-10,12,16-18,20-23,25-26H2,1-8H3,(H,49,54)/b13-11-/t27-,28-,29+,31+,33-,35-,45+/m0/s1. The van der Waals surface area contributed by atoms with Crippen molar-refractivity contribution >= 4 is 44.4 Å². The van der Waals surface area contributed by atoms with Gasteiger partial charge in [-0.15, -0.1) is 0 Å². The summed E-state index contributed by atoms with van der Waals surface area (Å²) >= 11 is 0. The number of nitrogens with one attached hydrogen (secondary N) is 1. The van der Waals surface area contributed by atoms with Crippen molar-refractivity contribution in [2.45, 2.75) is 128 Å². The number of fused-ring (bicyclic) bond motifs is 3. The maximum Gasteiger partial charge on any atom is 0.307 e. The van der Waals surface area contributed by atoms with Crippen LogP contribution in [0.3, 0.4) is 0 Å². The molecule has 1 aromatic carbocycles. The number of Topliss-reactive ketones (excluding diaryl/α,β-unsaturated/α-hetero) is 1. The number of ether oxygens (including phenoxy) is 5. The highest BCUT2D eigenvalue weighted by Crippen LogP contribution is 2.58. The second-order valence-corrected chi connectivity index (χ2v) is 20.7. The molecule has 1 saturated heterocycles. The number of carbonyl (C=O) groups excluding carboxylic acids is 4. The van der Waals surface area contributed by atoms with Gasteiger partial charge in [0.25, 0.3) is 5.92 Å². The molecular formula is C45H61F2N3O11S. The first-order valence-corrected chi connectivity index (χ1v) is 23.0. The second-order valence-electron chi connectivity index (χ2n) is 18.5. The number of pyridine rings is 1. The minimum Gasteiger partial charge on any atom is -0.497 e. The minimum absolute atomic E-state index is 0.00548. The third-order valence-electron chi connectivity index (χ3n) is 13.4. The van der Waals surface area contributed by atoms with Crippen molar-refractivity contribution in [2.75, 3.05) is 34.0 Å². The molecule has 2 amide bonds. The average Bonchev–Trinajstić information content (AvgIpc) is 4.08. The van der Waals surface area contributed by atoms with Crippen LogP contribution in [0.1, 0.15) is 99.3 Å². The number of ketones is 1. The predicted molar refractivity (Wildman–Crippen MR) is 225 cm³/mol. The van der Waals surface area contributed by atoms with E-state index in [2.05, 4.69) is 9.71 Å². The summed E-state index contributed by atoms with van der Waals surface area (Å²) in [6, 6.07) is 4.12. The fourth-order valence-corrected chi connectivity index (χ4v) is 10.0. The van der Waals surface area contributed by atoms with Gasteiger partial charge in [0.2, 0.25) is 27.7 Å². The Morgan fingerprint density at radius 1 is 1.08 bits per heavy atom. The predicted octanol–water partition coefficient (Wildman–Crippen LogP) is 6.58. The minimum atomic E-state index is -4.03. The highest BCUT2D eigenvalue weighted by molar-refractivity contribution is 7.91. The molecule has 0 bridgehead atoms. The Balaban J connectivity index is 1.39. The zero-order valence-corrected chi connectivity index (χ0v) is 37.8. The molecule has 1 N–H and O–H groups in total. The van der Waals surface area contributed by atoms with Crippen LogP contribution >= 0.6 is 0 Å². The van der Waals surface area contributed by atoms with Crippen LogP contribution in [0.2, 0.25) is 0 Å². The van der Waals surface area contributed by atoms with Gasteiger partial charge in [0.05, 0.1) is 55.0 Å². The third kappa shape index (κ3) is 9.88. The summed E-state index contributed by atoms with van der Waals surface area (Å²) < 4.78 is 85.8. The van der Waals surface area contributed by atoms with E-state index < -0.39 is 91.6 Å². The summed E-state index contributed by atoms with van der Waals surface area (Å²) in [4.78, 5) is 63.7. The number of carbonyl (C=O) groups is 4. The lowest BCUT2D eigenvalue weighted by Crippen LogP contribution is -2.49. The highest BCUT2D eigenvalue weighted by Gasteiger charge is 2.63. The van der Waals surface area contributed by atoms with Gasteiger partial charge >= 0.3 is 5.97 Å². The van der Waals surface area contributed by atoms with Crippen molar-refractivity contribution < 1.29 is 60.1 Å². The number of nitrogens with zero attached hydrogens (tertiary/aromatic N) is 2. The SMILES string of the molecule is CCOc1cnc(O[C@@H]2C[C@H]3C(=O)C[C@]4(C(=O)NS(=O)(=O)C5(C)CC5)C[C@H]4/C=C\CC[C@H](C)C[C@@H](COC)[C@H](CC(=O)OC(C)(C)C(C)(F)F)C(=O)N3C2)c2ccc(OC)cc12. The first kappa shape index (κ1) is 47.1. The lowest BCUT2D eigenvalue weighted by Gasteiger charge is -2.35. The van der Waals surface area contributed by atoms with Gasteiger partial charge in [-0.05, 0) is 102 Å². The van der Waals surface area contributed by atoms with Gasteiger partial charge < -0.3 is 28.6 Å².